The molecule has 162 valence electrons. The van der Waals surface area contributed by atoms with Gasteiger partial charge in [0.1, 0.15) is 11.4 Å². The van der Waals surface area contributed by atoms with Gasteiger partial charge in [0.15, 0.2) is 5.82 Å². The molecule has 3 rings (SSSR count). The summed E-state index contributed by atoms with van der Waals surface area (Å²) in [7, 11) is 1.62. The van der Waals surface area contributed by atoms with Gasteiger partial charge in [-0.2, -0.15) is 28.1 Å². The number of ether oxygens (including phenoxy) is 1. The Labute approximate surface area is 170 Å². The fourth-order valence-electron chi connectivity index (χ4n) is 2.84. The highest BCUT2D eigenvalue weighted by atomic mass is 19.4. The Balaban J connectivity index is 0.00000240. The van der Waals surface area contributed by atoms with Gasteiger partial charge in [-0.25, -0.2) is 4.98 Å². The standard InChI is InChI=1S/C19H25F3N6O.2H2/c1-11(9-10-29-3)23-17-26-16(14-5-4-6-15(25-14)19(20,21)22)27-18(28-17)24-12(2)13-7-8-13;;/h4-6,11-13H,7-10H2,1-3H3,(H2,23,24,26,27,28);2*1H/t11?,12-;;/m1../s1. The smallest absolute Gasteiger partial charge is 0.385 e. The molecule has 7 nitrogen and oxygen atoms in total. The van der Waals surface area contributed by atoms with Crippen LogP contribution in [-0.2, 0) is 10.9 Å². The van der Waals surface area contributed by atoms with E-state index in [1.807, 2.05) is 13.8 Å². The van der Waals surface area contributed by atoms with Crippen molar-refractivity contribution in [2.75, 3.05) is 24.4 Å². The van der Waals surface area contributed by atoms with Crippen LogP contribution < -0.4 is 10.6 Å². The van der Waals surface area contributed by atoms with E-state index in [1.54, 1.807) is 7.11 Å². The zero-order chi connectivity index (χ0) is 21.0. The highest BCUT2D eigenvalue weighted by Crippen LogP contribution is 2.34. The average molecular weight is 414 g/mol. The lowest BCUT2D eigenvalue weighted by Gasteiger charge is -2.17. The van der Waals surface area contributed by atoms with Gasteiger partial charge >= 0.3 is 6.18 Å². The molecule has 10 heteroatoms. The van der Waals surface area contributed by atoms with Crippen molar-refractivity contribution in [3.8, 4) is 11.5 Å². The van der Waals surface area contributed by atoms with Crippen LogP contribution >= 0.6 is 0 Å². The molecular formula is C19H29F3N6O. The van der Waals surface area contributed by atoms with Crippen molar-refractivity contribution in [2.45, 2.75) is 51.4 Å². The van der Waals surface area contributed by atoms with Gasteiger partial charge in [0.05, 0.1) is 0 Å². The summed E-state index contributed by atoms with van der Waals surface area (Å²) in [4.78, 5) is 16.7. The SMILES string of the molecule is COCCC(C)Nc1nc(N[C@H](C)C2CC2)nc(-c2cccc(C(F)(F)F)n2)n1.[HH].[HH]. The van der Waals surface area contributed by atoms with Crippen molar-refractivity contribution < 1.29 is 20.8 Å². The average Bonchev–Trinajstić information content (AvgIpc) is 3.51. The number of halogens is 3. The van der Waals surface area contributed by atoms with Crippen LogP contribution in [0.5, 0.6) is 0 Å². The van der Waals surface area contributed by atoms with Gasteiger partial charge in [0.2, 0.25) is 11.9 Å². The second-order valence-corrected chi connectivity index (χ2v) is 7.31. The maximum Gasteiger partial charge on any atom is 0.433 e. The lowest BCUT2D eigenvalue weighted by Crippen LogP contribution is -2.22. The number of alkyl halides is 3. The number of hydrogen-bond donors (Lipinski definition) is 2. The van der Waals surface area contributed by atoms with Gasteiger partial charge in [-0.3, -0.25) is 0 Å². The Hall–Kier alpha value is -2.49. The van der Waals surface area contributed by atoms with Crippen LogP contribution in [0.25, 0.3) is 11.5 Å². The first kappa shape index (κ1) is 21.2. The first-order valence-electron chi connectivity index (χ1n) is 9.59. The van der Waals surface area contributed by atoms with E-state index in [4.69, 9.17) is 4.74 Å². The Morgan fingerprint density at radius 2 is 1.79 bits per heavy atom. The molecule has 0 radical (unpaired) electrons. The van der Waals surface area contributed by atoms with E-state index in [0.29, 0.717) is 18.5 Å². The number of aromatic nitrogens is 4. The number of pyridine rings is 1. The fourth-order valence-corrected chi connectivity index (χ4v) is 2.84. The summed E-state index contributed by atoms with van der Waals surface area (Å²) >= 11 is 0. The summed E-state index contributed by atoms with van der Waals surface area (Å²) in [5.74, 6) is 1.23. The number of nitrogens with one attached hydrogen (secondary N) is 2. The van der Waals surface area contributed by atoms with Gasteiger partial charge in [-0.1, -0.05) is 6.07 Å². The fraction of sp³-hybridized carbons (Fsp3) is 0.579. The lowest BCUT2D eigenvalue weighted by atomic mass is 10.2. The summed E-state index contributed by atoms with van der Waals surface area (Å²) in [5, 5.41) is 6.40. The van der Waals surface area contributed by atoms with E-state index in [1.165, 1.54) is 12.1 Å². The third kappa shape index (κ3) is 5.99. The molecule has 2 atom stereocenters. The first-order valence-corrected chi connectivity index (χ1v) is 9.59. The molecule has 2 aromatic heterocycles. The van der Waals surface area contributed by atoms with Crippen LogP contribution in [0.15, 0.2) is 18.2 Å². The Bertz CT molecular complexity index is 839. The molecule has 29 heavy (non-hydrogen) atoms. The third-order valence-electron chi connectivity index (χ3n) is 4.72. The van der Waals surface area contributed by atoms with Crippen molar-refractivity contribution >= 4 is 11.9 Å². The van der Waals surface area contributed by atoms with Gasteiger partial charge in [0, 0.05) is 28.7 Å². The van der Waals surface area contributed by atoms with Gasteiger partial charge in [-0.15, -0.1) is 0 Å². The largest absolute Gasteiger partial charge is 0.433 e. The minimum Gasteiger partial charge on any atom is -0.385 e. The normalized spacial score (nSPS) is 16.3. The molecule has 0 amide bonds. The van der Waals surface area contributed by atoms with Crippen LogP contribution in [0.1, 0.15) is 41.7 Å². The summed E-state index contributed by atoms with van der Waals surface area (Å²) in [6.45, 7) is 4.55. The first-order chi connectivity index (χ1) is 13.8. The number of rotatable bonds is 9. The lowest BCUT2D eigenvalue weighted by molar-refractivity contribution is -0.141. The van der Waals surface area contributed by atoms with Gasteiger partial charge in [0.25, 0.3) is 0 Å². The maximum atomic E-state index is 13.0. The Morgan fingerprint density at radius 1 is 1.10 bits per heavy atom. The molecule has 2 N–H and O–H groups in total. The maximum absolute atomic E-state index is 13.0. The zero-order valence-corrected chi connectivity index (χ0v) is 16.6. The molecule has 1 aliphatic carbocycles. The third-order valence-corrected chi connectivity index (χ3v) is 4.72. The predicted molar refractivity (Wildman–Crippen MR) is 108 cm³/mol. The highest BCUT2D eigenvalue weighted by Gasteiger charge is 2.33. The molecule has 2 aromatic rings. The van der Waals surface area contributed by atoms with Crippen LogP contribution in [-0.4, -0.2) is 45.7 Å². The minimum atomic E-state index is -4.54. The minimum absolute atomic E-state index is 0. The van der Waals surface area contributed by atoms with E-state index in [0.717, 1.165) is 25.3 Å². The summed E-state index contributed by atoms with van der Waals surface area (Å²) < 4.78 is 44.2. The van der Waals surface area contributed by atoms with E-state index >= 15 is 0 Å². The zero-order valence-electron chi connectivity index (χ0n) is 16.6. The molecule has 1 unspecified atom stereocenters. The van der Waals surface area contributed by atoms with Crippen LogP contribution in [0.3, 0.4) is 0 Å². The Morgan fingerprint density at radius 3 is 2.41 bits per heavy atom. The number of anilines is 2. The molecular weight excluding hydrogens is 385 g/mol. The molecule has 1 aliphatic rings. The molecule has 2 heterocycles. The molecule has 1 saturated carbocycles. The molecule has 1 fully saturated rings. The monoisotopic (exact) mass is 414 g/mol. The summed E-state index contributed by atoms with van der Waals surface area (Å²) in [6, 6.07) is 3.84. The number of methoxy groups -OCH3 is 1. The van der Waals surface area contributed by atoms with Crippen molar-refractivity contribution in [3.63, 3.8) is 0 Å². The molecule has 0 saturated heterocycles. The van der Waals surface area contributed by atoms with E-state index in [2.05, 4.69) is 30.6 Å². The second kappa shape index (κ2) is 8.89. The van der Waals surface area contributed by atoms with Crippen molar-refractivity contribution in [2.24, 2.45) is 5.92 Å². The quantitative estimate of drug-likeness (QED) is 0.625. The van der Waals surface area contributed by atoms with E-state index in [9.17, 15) is 13.2 Å². The summed E-state index contributed by atoms with van der Waals surface area (Å²) in [5.41, 5.74) is -0.948. The van der Waals surface area contributed by atoms with Gasteiger partial charge < -0.3 is 15.4 Å². The van der Waals surface area contributed by atoms with Crippen molar-refractivity contribution in [1.29, 1.82) is 0 Å². The van der Waals surface area contributed by atoms with Crippen LogP contribution in [0, 0.1) is 5.92 Å². The highest BCUT2D eigenvalue weighted by molar-refractivity contribution is 5.54. The van der Waals surface area contributed by atoms with E-state index < -0.39 is 11.9 Å². The van der Waals surface area contributed by atoms with Gasteiger partial charge in [-0.05, 0) is 51.2 Å². The topological polar surface area (TPSA) is 84.9 Å². The molecule has 0 aromatic carbocycles. The second-order valence-electron chi connectivity index (χ2n) is 7.31. The molecule has 0 aliphatic heterocycles. The van der Waals surface area contributed by atoms with Crippen LogP contribution in [0.2, 0.25) is 0 Å². The van der Waals surface area contributed by atoms with Crippen molar-refractivity contribution in [3.05, 3.63) is 23.9 Å². The molecule has 0 spiro atoms. The Kier molecular flexibility index (Phi) is 6.51. The molecule has 0 bridgehead atoms. The number of hydrogen-bond acceptors (Lipinski definition) is 7. The van der Waals surface area contributed by atoms with E-state index in [-0.39, 0.29) is 32.4 Å². The number of nitrogens with zero attached hydrogens (tertiary/aromatic N) is 4. The summed E-state index contributed by atoms with van der Waals surface area (Å²) in [6.07, 6.45) is -1.54. The van der Waals surface area contributed by atoms with Crippen LogP contribution in [0.4, 0.5) is 25.1 Å². The predicted octanol–water partition coefficient (Wildman–Crippen LogP) is 4.49. The van der Waals surface area contributed by atoms with Crippen molar-refractivity contribution in [1.82, 2.24) is 19.9 Å².